The first kappa shape index (κ1) is 19.1. The van der Waals surface area contributed by atoms with Crippen LogP contribution in [0.2, 0.25) is 5.02 Å². The van der Waals surface area contributed by atoms with E-state index in [-0.39, 0.29) is 10.0 Å². The summed E-state index contributed by atoms with van der Waals surface area (Å²) in [6.07, 6.45) is 0. The molecular weight excluding hydrogens is 380 g/mol. The van der Waals surface area contributed by atoms with E-state index in [1.54, 1.807) is 30.3 Å². The zero-order valence-electron chi connectivity index (χ0n) is 12.5. The van der Waals surface area contributed by atoms with Gasteiger partial charge < -0.3 is 18.1 Å². The topological polar surface area (TPSA) is 65.0 Å². The second kappa shape index (κ2) is 8.21. The summed E-state index contributed by atoms with van der Waals surface area (Å²) >= 11 is 5.98. The molecule has 0 saturated heterocycles. The minimum atomic E-state index is -1.79. The van der Waals surface area contributed by atoms with Gasteiger partial charge in [-0.3, -0.25) is 0 Å². The maximum Gasteiger partial charge on any atom is 0.409 e. The predicted octanol–water partition coefficient (Wildman–Crippen LogP) is 1.45. The minimum Gasteiger partial charge on any atom is -0.466 e. The molecule has 1 unspecified atom stereocenters. The molecule has 9 heteroatoms. The lowest BCUT2D eigenvalue weighted by atomic mass is 9.91. The molecule has 24 heavy (non-hydrogen) atoms. The Kier molecular flexibility index (Phi) is 6.52. The van der Waals surface area contributed by atoms with Crippen LogP contribution in [0.5, 0.6) is 0 Å². The van der Waals surface area contributed by atoms with E-state index in [1.807, 2.05) is 12.1 Å². The number of ether oxygens (including phenoxy) is 1. The average molecular weight is 391 g/mol. The molecule has 1 atom stereocenters. The van der Waals surface area contributed by atoms with Crippen LogP contribution < -0.4 is 0 Å². The molecule has 0 aromatic heterocycles. The van der Waals surface area contributed by atoms with Crippen molar-refractivity contribution in [3.05, 3.63) is 58.6 Å². The number of hydrogen-bond acceptors (Lipinski definition) is 5. The highest BCUT2D eigenvalue weighted by Gasteiger charge is 2.48. The van der Waals surface area contributed by atoms with Gasteiger partial charge in [0.15, 0.2) is 0 Å². The summed E-state index contributed by atoms with van der Waals surface area (Å²) in [5.74, 6) is -0.707. The van der Waals surface area contributed by atoms with Crippen molar-refractivity contribution in [2.45, 2.75) is 5.60 Å². The Morgan fingerprint density at radius 3 is 2.33 bits per heavy atom. The Balaban J connectivity index is 0.000000368. The first-order valence-corrected chi connectivity index (χ1v) is 8.62. The Bertz CT molecular complexity index is 741. The Morgan fingerprint density at radius 2 is 1.75 bits per heavy atom. The Hall–Kier alpha value is -1.27. The van der Waals surface area contributed by atoms with Gasteiger partial charge in [0.1, 0.15) is 0 Å². The van der Waals surface area contributed by atoms with Gasteiger partial charge in [-0.1, -0.05) is 41.9 Å². The van der Waals surface area contributed by atoms with Crippen molar-refractivity contribution < 1.29 is 22.9 Å². The number of benzene rings is 2. The number of rotatable bonds is 3. The summed E-state index contributed by atoms with van der Waals surface area (Å²) in [7, 11) is 6.69. The summed E-state index contributed by atoms with van der Waals surface area (Å²) in [5.41, 5.74) is 0.827. The van der Waals surface area contributed by atoms with Gasteiger partial charge >= 0.3 is 16.0 Å². The molecule has 8 radical (unpaired) electrons. The zero-order chi connectivity index (χ0) is 17.7. The molecule has 0 aliphatic heterocycles. The number of fused-ring (bicyclic) bond motifs is 3. The van der Waals surface area contributed by atoms with Gasteiger partial charge in [-0.05, 0) is 23.3 Å². The SMILES string of the molecule is COC(=O)C1(O)c2ccccc2-c2ccc(Cl)cc21.[Si]O[Si]O[Si]. The fourth-order valence-electron chi connectivity index (χ4n) is 2.62. The van der Waals surface area contributed by atoms with Crippen molar-refractivity contribution in [3.63, 3.8) is 0 Å². The highest BCUT2D eigenvalue weighted by Crippen LogP contribution is 2.48. The molecule has 2 aromatic carbocycles. The third-order valence-corrected chi connectivity index (χ3v) is 4.44. The van der Waals surface area contributed by atoms with E-state index in [1.165, 1.54) is 7.11 Å². The fourth-order valence-corrected chi connectivity index (χ4v) is 3.33. The summed E-state index contributed by atoms with van der Waals surface area (Å²) < 4.78 is 13.3. The second-order valence-corrected chi connectivity index (χ2v) is 6.96. The van der Waals surface area contributed by atoms with Gasteiger partial charge in [-0.15, -0.1) is 0 Å². The molecule has 2 aromatic rings. The van der Waals surface area contributed by atoms with Crippen molar-refractivity contribution in [3.8, 4) is 11.1 Å². The molecule has 0 spiro atoms. The molecule has 0 fully saturated rings. The molecule has 1 aliphatic carbocycles. The predicted molar refractivity (Wildman–Crippen MR) is 91.3 cm³/mol. The Morgan fingerprint density at radius 1 is 1.12 bits per heavy atom. The Labute approximate surface area is 154 Å². The molecule has 1 N–H and O–H groups in total. The molecule has 3 rings (SSSR count). The van der Waals surface area contributed by atoms with Crippen molar-refractivity contribution in [1.29, 1.82) is 0 Å². The first-order valence-electron chi connectivity index (χ1n) is 6.61. The quantitative estimate of drug-likeness (QED) is 0.634. The number of carbonyl (C=O) groups excluding carboxylic acids is 1. The van der Waals surface area contributed by atoms with Crippen LogP contribution in [0.1, 0.15) is 11.1 Å². The molecule has 0 amide bonds. The number of carbonyl (C=O) groups is 1. The maximum absolute atomic E-state index is 12.1. The zero-order valence-corrected chi connectivity index (χ0v) is 16.3. The molecule has 0 heterocycles. The lowest BCUT2D eigenvalue weighted by molar-refractivity contribution is -0.158. The standard InChI is InChI=1S/C15H11ClO3.O2Si3/c1-19-14(17)15(18)12-5-3-2-4-10(12)11-7-6-9(16)8-13(11)15;3-1-5-2-4/h2-8,18H,1H3;. The monoisotopic (exact) mass is 390 g/mol. The van der Waals surface area contributed by atoms with Gasteiger partial charge in [0.05, 0.1) is 7.11 Å². The van der Waals surface area contributed by atoms with Gasteiger partial charge in [0.2, 0.25) is 26.6 Å². The highest BCUT2D eigenvalue weighted by atomic mass is 35.5. The van der Waals surface area contributed by atoms with E-state index in [0.29, 0.717) is 16.1 Å². The van der Waals surface area contributed by atoms with Crippen LogP contribution in [0.4, 0.5) is 0 Å². The van der Waals surface area contributed by atoms with E-state index >= 15 is 0 Å². The lowest BCUT2D eigenvalue weighted by Crippen LogP contribution is -2.36. The van der Waals surface area contributed by atoms with Crippen LogP contribution in [-0.4, -0.2) is 49.2 Å². The first-order chi connectivity index (χ1) is 11.5. The largest absolute Gasteiger partial charge is 0.466 e. The summed E-state index contributed by atoms with van der Waals surface area (Å²) in [5, 5.41) is 11.3. The molecule has 120 valence electrons. The molecule has 1 aliphatic rings. The average Bonchev–Trinajstić information content (AvgIpc) is 2.86. The van der Waals surface area contributed by atoms with E-state index in [2.05, 4.69) is 29.2 Å². The smallest absolute Gasteiger partial charge is 0.409 e. The van der Waals surface area contributed by atoms with Gasteiger partial charge in [0.25, 0.3) is 0 Å². The van der Waals surface area contributed by atoms with Crippen molar-refractivity contribution in [2.24, 2.45) is 0 Å². The number of hydrogen-bond donors (Lipinski definition) is 1. The van der Waals surface area contributed by atoms with Gasteiger partial charge in [-0.25, -0.2) is 4.79 Å². The van der Waals surface area contributed by atoms with Gasteiger partial charge in [0, 0.05) is 16.1 Å². The summed E-state index contributed by atoms with van der Waals surface area (Å²) in [4.78, 5) is 12.1. The van der Waals surface area contributed by atoms with Crippen LogP contribution in [-0.2, 0) is 23.4 Å². The van der Waals surface area contributed by atoms with Crippen LogP contribution in [0.25, 0.3) is 11.1 Å². The van der Waals surface area contributed by atoms with Gasteiger partial charge in [-0.2, -0.15) is 0 Å². The van der Waals surface area contributed by atoms with Crippen LogP contribution >= 0.6 is 11.6 Å². The van der Waals surface area contributed by atoms with Crippen molar-refractivity contribution in [1.82, 2.24) is 0 Å². The van der Waals surface area contributed by atoms with Crippen molar-refractivity contribution in [2.75, 3.05) is 7.11 Å². The number of esters is 1. The lowest BCUT2D eigenvalue weighted by Gasteiger charge is -2.22. The molecule has 0 saturated carbocycles. The minimum absolute atomic E-state index is 0.0247. The third-order valence-electron chi connectivity index (χ3n) is 3.54. The summed E-state index contributed by atoms with van der Waals surface area (Å²) in [6.45, 7) is 0. The maximum atomic E-state index is 12.1. The van der Waals surface area contributed by atoms with Crippen LogP contribution in [0.15, 0.2) is 42.5 Å². The van der Waals surface area contributed by atoms with E-state index < -0.39 is 11.6 Å². The number of methoxy groups -OCH3 is 1. The van der Waals surface area contributed by atoms with E-state index in [0.717, 1.165) is 11.1 Å². The molecular formula is C15H11ClO5Si3. The molecule has 0 bridgehead atoms. The fraction of sp³-hybridized carbons (Fsp3) is 0.133. The third kappa shape index (κ3) is 3.40. The van der Waals surface area contributed by atoms with Crippen molar-refractivity contribution >= 4 is 48.5 Å². The van der Waals surface area contributed by atoms with E-state index in [9.17, 15) is 9.90 Å². The number of aliphatic hydroxyl groups is 1. The van der Waals surface area contributed by atoms with E-state index in [4.69, 9.17) is 16.3 Å². The molecule has 5 nitrogen and oxygen atoms in total. The van der Waals surface area contributed by atoms with Crippen LogP contribution in [0.3, 0.4) is 0 Å². The summed E-state index contributed by atoms with van der Waals surface area (Å²) in [6, 6.07) is 12.4. The number of halogens is 1. The second-order valence-electron chi connectivity index (χ2n) is 4.72. The normalized spacial score (nSPS) is 17.4. The van der Waals surface area contributed by atoms with Crippen LogP contribution in [0, 0.1) is 0 Å². The highest BCUT2D eigenvalue weighted by molar-refractivity contribution is 6.33.